The highest BCUT2D eigenvalue weighted by Gasteiger charge is 2.40. The molecule has 2 fully saturated rings. The van der Waals surface area contributed by atoms with Gasteiger partial charge in [0.1, 0.15) is 5.82 Å². The second-order valence-electron chi connectivity index (χ2n) is 5.26. The zero-order chi connectivity index (χ0) is 12.0. The van der Waals surface area contributed by atoms with Crippen LogP contribution in [0.25, 0.3) is 0 Å². The van der Waals surface area contributed by atoms with Crippen molar-refractivity contribution >= 4 is 11.5 Å². The first-order valence-corrected chi connectivity index (χ1v) is 6.34. The minimum absolute atomic E-state index is 0.126. The van der Waals surface area contributed by atoms with Gasteiger partial charge in [-0.25, -0.2) is 4.98 Å². The van der Waals surface area contributed by atoms with Crippen molar-refractivity contribution in [3.05, 3.63) is 17.8 Å². The van der Waals surface area contributed by atoms with Crippen molar-refractivity contribution in [3.63, 3.8) is 0 Å². The SMILES string of the molecule is Cc1nc(N2C3CCC2CC(O)C3)ccc1N. The van der Waals surface area contributed by atoms with E-state index in [9.17, 15) is 5.11 Å². The molecule has 3 rings (SSSR count). The summed E-state index contributed by atoms with van der Waals surface area (Å²) >= 11 is 0. The van der Waals surface area contributed by atoms with E-state index in [1.807, 2.05) is 19.1 Å². The van der Waals surface area contributed by atoms with Crippen molar-refractivity contribution in [2.45, 2.75) is 50.8 Å². The van der Waals surface area contributed by atoms with Crippen LogP contribution in [0.15, 0.2) is 12.1 Å². The predicted octanol–water partition coefficient (Wildman–Crippen LogP) is 1.46. The Morgan fingerprint density at radius 2 is 1.94 bits per heavy atom. The van der Waals surface area contributed by atoms with E-state index >= 15 is 0 Å². The first-order valence-electron chi connectivity index (χ1n) is 6.34. The van der Waals surface area contributed by atoms with E-state index in [0.29, 0.717) is 12.1 Å². The molecule has 0 saturated carbocycles. The lowest BCUT2D eigenvalue weighted by Gasteiger charge is -2.38. The first-order chi connectivity index (χ1) is 8.15. The summed E-state index contributed by atoms with van der Waals surface area (Å²) in [5.74, 6) is 1.02. The van der Waals surface area contributed by atoms with Gasteiger partial charge in [-0.05, 0) is 44.7 Å². The Hall–Kier alpha value is -1.29. The molecule has 0 aliphatic carbocycles. The Morgan fingerprint density at radius 3 is 2.53 bits per heavy atom. The van der Waals surface area contributed by atoms with Gasteiger partial charge < -0.3 is 15.7 Å². The smallest absolute Gasteiger partial charge is 0.129 e. The Morgan fingerprint density at radius 1 is 1.29 bits per heavy atom. The molecule has 2 saturated heterocycles. The third-order valence-electron chi connectivity index (χ3n) is 4.08. The number of nitrogens with zero attached hydrogens (tertiary/aromatic N) is 2. The molecule has 3 heterocycles. The number of aryl methyl sites for hydroxylation is 1. The molecule has 1 aromatic rings. The maximum Gasteiger partial charge on any atom is 0.129 e. The molecule has 0 aromatic carbocycles. The fourth-order valence-corrected chi connectivity index (χ4v) is 3.22. The molecule has 0 amide bonds. The van der Waals surface area contributed by atoms with Crippen LogP contribution in [0.3, 0.4) is 0 Å². The lowest BCUT2D eigenvalue weighted by atomic mass is 10.00. The molecular formula is C13H19N3O. The largest absolute Gasteiger partial charge is 0.397 e. The van der Waals surface area contributed by atoms with Gasteiger partial charge in [0.25, 0.3) is 0 Å². The van der Waals surface area contributed by atoms with Crippen LogP contribution >= 0.6 is 0 Å². The van der Waals surface area contributed by atoms with Crippen molar-refractivity contribution in [2.24, 2.45) is 0 Å². The van der Waals surface area contributed by atoms with Crippen LogP contribution < -0.4 is 10.6 Å². The summed E-state index contributed by atoms with van der Waals surface area (Å²) in [6.45, 7) is 1.94. The van der Waals surface area contributed by atoms with Crippen molar-refractivity contribution < 1.29 is 5.11 Å². The molecule has 92 valence electrons. The Balaban J connectivity index is 1.92. The zero-order valence-electron chi connectivity index (χ0n) is 10.1. The van der Waals surface area contributed by atoms with Crippen molar-refractivity contribution in [1.82, 2.24) is 4.98 Å². The van der Waals surface area contributed by atoms with Gasteiger partial charge in [0.2, 0.25) is 0 Å². The molecule has 17 heavy (non-hydrogen) atoms. The van der Waals surface area contributed by atoms with Crippen molar-refractivity contribution in [3.8, 4) is 0 Å². The molecule has 3 N–H and O–H groups in total. The highest BCUT2D eigenvalue weighted by atomic mass is 16.3. The lowest BCUT2D eigenvalue weighted by molar-refractivity contribution is 0.126. The number of hydrogen-bond donors (Lipinski definition) is 2. The normalized spacial score (nSPS) is 31.9. The lowest BCUT2D eigenvalue weighted by Crippen LogP contribution is -2.45. The number of piperidine rings is 1. The number of pyridine rings is 1. The van der Waals surface area contributed by atoms with Crippen LogP contribution in [0.4, 0.5) is 11.5 Å². The van der Waals surface area contributed by atoms with E-state index in [4.69, 9.17) is 5.73 Å². The highest BCUT2D eigenvalue weighted by molar-refractivity contribution is 5.52. The molecule has 0 radical (unpaired) electrons. The monoisotopic (exact) mass is 233 g/mol. The molecule has 0 spiro atoms. The summed E-state index contributed by atoms with van der Waals surface area (Å²) in [5, 5.41) is 9.79. The van der Waals surface area contributed by atoms with Crippen LogP contribution in [0.1, 0.15) is 31.4 Å². The van der Waals surface area contributed by atoms with E-state index < -0.39 is 0 Å². The molecule has 2 unspecified atom stereocenters. The summed E-state index contributed by atoms with van der Waals surface area (Å²) in [4.78, 5) is 6.97. The maximum atomic E-state index is 9.79. The molecule has 2 aliphatic heterocycles. The van der Waals surface area contributed by atoms with E-state index in [2.05, 4.69) is 9.88 Å². The molecule has 4 nitrogen and oxygen atoms in total. The number of rotatable bonds is 1. The predicted molar refractivity (Wildman–Crippen MR) is 67.9 cm³/mol. The molecule has 2 bridgehead atoms. The van der Waals surface area contributed by atoms with E-state index in [1.54, 1.807) is 0 Å². The van der Waals surface area contributed by atoms with Crippen LogP contribution in [0, 0.1) is 6.92 Å². The summed E-state index contributed by atoms with van der Waals surface area (Å²) in [6, 6.07) is 4.85. The summed E-state index contributed by atoms with van der Waals surface area (Å²) in [6.07, 6.45) is 3.97. The quantitative estimate of drug-likeness (QED) is 0.771. The Kier molecular flexibility index (Phi) is 2.47. The Labute approximate surface area is 101 Å². The fourth-order valence-electron chi connectivity index (χ4n) is 3.22. The van der Waals surface area contributed by atoms with Crippen molar-refractivity contribution in [2.75, 3.05) is 10.6 Å². The standard InChI is InChI=1S/C13H19N3O/c1-8-12(14)4-5-13(15-8)16-9-2-3-10(16)7-11(17)6-9/h4-5,9-11,17H,2-3,6-7,14H2,1H3. The first kappa shape index (κ1) is 10.8. The van der Waals surface area contributed by atoms with Crippen LogP contribution in [0.2, 0.25) is 0 Å². The van der Waals surface area contributed by atoms with Gasteiger partial charge in [0, 0.05) is 12.1 Å². The number of aliphatic hydroxyl groups excluding tert-OH is 1. The molecule has 2 atom stereocenters. The van der Waals surface area contributed by atoms with E-state index in [-0.39, 0.29) is 6.10 Å². The van der Waals surface area contributed by atoms with Crippen LogP contribution in [-0.2, 0) is 0 Å². The van der Waals surface area contributed by atoms with Gasteiger partial charge in [0.15, 0.2) is 0 Å². The maximum absolute atomic E-state index is 9.79. The topological polar surface area (TPSA) is 62.4 Å². The molecular weight excluding hydrogens is 214 g/mol. The molecule has 1 aromatic heterocycles. The van der Waals surface area contributed by atoms with Crippen LogP contribution in [0.5, 0.6) is 0 Å². The molecule has 4 heteroatoms. The third-order valence-corrected chi connectivity index (χ3v) is 4.08. The number of aromatic nitrogens is 1. The van der Waals surface area contributed by atoms with Gasteiger partial charge in [-0.3, -0.25) is 0 Å². The second-order valence-corrected chi connectivity index (χ2v) is 5.26. The summed E-state index contributed by atoms with van der Waals surface area (Å²) < 4.78 is 0. The van der Waals surface area contributed by atoms with Gasteiger partial charge in [-0.15, -0.1) is 0 Å². The number of nitrogens with two attached hydrogens (primary N) is 1. The summed E-state index contributed by atoms with van der Waals surface area (Å²) in [5.41, 5.74) is 7.45. The minimum Gasteiger partial charge on any atom is -0.397 e. The number of anilines is 2. The average Bonchev–Trinajstić information content (AvgIpc) is 2.55. The van der Waals surface area contributed by atoms with Gasteiger partial charge in [-0.2, -0.15) is 0 Å². The number of hydrogen-bond acceptors (Lipinski definition) is 4. The molecule has 2 aliphatic rings. The van der Waals surface area contributed by atoms with E-state index in [0.717, 1.165) is 30.0 Å². The third kappa shape index (κ3) is 1.76. The zero-order valence-corrected chi connectivity index (χ0v) is 10.1. The van der Waals surface area contributed by atoms with Gasteiger partial charge >= 0.3 is 0 Å². The van der Waals surface area contributed by atoms with Crippen molar-refractivity contribution in [1.29, 1.82) is 0 Å². The number of nitrogen functional groups attached to an aromatic ring is 1. The average molecular weight is 233 g/mol. The number of fused-ring (bicyclic) bond motifs is 2. The van der Waals surface area contributed by atoms with Gasteiger partial charge in [0.05, 0.1) is 17.5 Å². The minimum atomic E-state index is -0.126. The van der Waals surface area contributed by atoms with Gasteiger partial charge in [-0.1, -0.05) is 0 Å². The van der Waals surface area contributed by atoms with E-state index in [1.165, 1.54) is 12.8 Å². The Bertz CT molecular complexity index is 421. The van der Waals surface area contributed by atoms with Crippen LogP contribution in [-0.4, -0.2) is 28.3 Å². The highest BCUT2D eigenvalue weighted by Crippen LogP contribution is 2.38. The summed E-state index contributed by atoms with van der Waals surface area (Å²) in [7, 11) is 0. The second kappa shape index (κ2) is 3.88. The fraction of sp³-hybridized carbons (Fsp3) is 0.615. The number of aliphatic hydroxyl groups is 1.